The van der Waals surface area contributed by atoms with E-state index < -0.39 is 5.97 Å². The van der Waals surface area contributed by atoms with E-state index in [0.29, 0.717) is 22.9 Å². The molecule has 2 N–H and O–H groups in total. The van der Waals surface area contributed by atoms with E-state index in [1.807, 2.05) is 34.6 Å². The SMILES string of the molecule is CC.CCC(C=O)CCC(C)C.CCCCC(=O)OC1CCCCC1.CNc1cc(C#CC(C)(C)C)sc1C(=O)O. The van der Waals surface area contributed by atoms with E-state index in [-0.39, 0.29) is 17.5 Å². The van der Waals surface area contributed by atoms with Gasteiger partial charge in [-0.3, -0.25) is 4.79 Å². The Morgan fingerprint density at radius 2 is 1.76 bits per heavy atom. The summed E-state index contributed by atoms with van der Waals surface area (Å²) in [6, 6.07) is 1.77. The van der Waals surface area contributed by atoms with E-state index in [4.69, 9.17) is 9.84 Å². The number of unbranched alkanes of at least 4 members (excludes halogenated alkanes) is 1. The molecule has 1 heterocycles. The fraction of sp³-hybridized carbons (Fsp3) is 0.735. The average Bonchev–Trinajstić information content (AvgIpc) is 3.37. The molecule has 7 heteroatoms. The number of thiophene rings is 1. The third kappa shape index (κ3) is 22.0. The van der Waals surface area contributed by atoms with Gasteiger partial charge in [0, 0.05) is 24.8 Å². The monoisotopic (exact) mass is 593 g/mol. The quantitative estimate of drug-likeness (QED) is 0.151. The van der Waals surface area contributed by atoms with Crippen molar-refractivity contribution in [1.82, 2.24) is 0 Å². The van der Waals surface area contributed by atoms with Crippen molar-refractivity contribution < 1.29 is 24.2 Å². The lowest BCUT2D eigenvalue weighted by Crippen LogP contribution is -2.20. The van der Waals surface area contributed by atoms with E-state index in [1.165, 1.54) is 37.0 Å². The molecule has 2 rings (SSSR count). The number of carboxylic acid groups (broad SMARTS) is 1. The van der Waals surface area contributed by atoms with Gasteiger partial charge in [0.25, 0.3) is 0 Å². The summed E-state index contributed by atoms with van der Waals surface area (Å²) >= 11 is 1.20. The molecule has 1 atom stereocenters. The van der Waals surface area contributed by atoms with Crippen molar-refractivity contribution in [3.05, 3.63) is 15.8 Å². The number of aromatic carboxylic acids is 1. The fourth-order valence-corrected chi connectivity index (χ4v) is 4.57. The van der Waals surface area contributed by atoms with Gasteiger partial charge in [0.1, 0.15) is 17.3 Å². The summed E-state index contributed by atoms with van der Waals surface area (Å²) in [5, 5.41) is 11.8. The van der Waals surface area contributed by atoms with Gasteiger partial charge in [-0.05, 0) is 77.7 Å². The van der Waals surface area contributed by atoms with E-state index in [1.54, 1.807) is 13.1 Å². The number of hydrogen-bond donors (Lipinski definition) is 2. The number of carbonyl (C=O) groups excluding carboxylic acids is 2. The number of carbonyl (C=O) groups is 3. The summed E-state index contributed by atoms with van der Waals surface area (Å²) in [7, 11) is 1.70. The summed E-state index contributed by atoms with van der Waals surface area (Å²) in [6.45, 7) is 18.6. The lowest BCUT2D eigenvalue weighted by Gasteiger charge is -2.21. The number of anilines is 1. The standard InChI is InChI=1S/C12H15NO2S.C11H20O2.C9H18O.C2H6/c1-12(2,3)6-5-8-7-9(13-4)10(16-8)11(14)15;1-2-3-9-11(12)13-10-7-5-4-6-8-10;1-4-9(7-10)6-5-8(2)3;1-2/h7,13H,1-4H3,(H,14,15);10H,2-9H2,1H3;7-9H,4-6H2,1-3H3;1-2H3. The predicted octanol–water partition coefficient (Wildman–Crippen LogP) is 9.61. The third-order valence-electron chi connectivity index (χ3n) is 6.17. The first-order valence-corrected chi connectivity index (χ1v) is 16.4. The largest absolute Gasteiger partial charge is 0.477 e. The number of rotatable bonds is 11. The smallest absolute Gasteiger partial charge is 0.348 e. The molecule has 1 aromatic heterocycles. The molecule has 1 aliphatic rings. The molecule has 1 aliphatic carbocycles. The normalized spacial score (nSPS) is 13.4. The average molecular weight is 594 g/mol. The van der Waals surface area contributed by atoms with Crippen molar-refractivity contribution >= 4 is 35.2 Å². The van der Waals surface area contributed by atoms with Crippen LogP contribution in [0.1, 0.15) is 147 Å². The summed E-state index contributed by atoms with van der Waals surface area (Å²) < 4.78 is 5.35. The third-order valence-corrected chi connectivity index (χ3v) is 7.21. The van der Waals surface area contributed by atoms with Crippen LogP contribution in [-0.4, -0.2) is 36.5 Å². The Kier molecular flexibility index (Phi) is 24.2. The molecule has 0 saturated heterocycles. The lowest BCUT2D eigenvalue weighted by atomic mass is 9.97. The zero-order valence-electron chi connectivity index (χ0n) is 27.7. The maximum Gasteiger partial charge on any atom is 0.348 e. The molecule has 0 radical (unpaired) electrons. The van der Waals surface area contributed by atoms with Crippen LogP contribution in [0, 0.1) is 29.1 Å². The van der Waals surface area contributed by atoms with Crippen LogP contribution in [-0.2, 0) is 14.3 Å². The molecule has 1 unspecified atom stereocenters. The maximum absolute atomic E-state index is 11.2. The molecule has 0 amide bonds. The predicted molar refractivity (Wildman–Crippen MR) is 175 cm³/mol. The zero-order valence-corrected chi connectivity index (χ0v) is 28.5. The topological polar surface area (TPSA) is 92.7 Å². The molecular weight excluding hydrogens is 534 g/mol. The Hall–Kier alpha value is -2.33. The van der Waals surface area contributed by atoms with Crippen LogP contribution >= 0.6 is 11.3 Å². The molecule has 1 saturated carbocycles. The van der Waals surface area contributed by atoms with Crippen molar-refractivity contribution in [2.75, 3.05) is 12.4 Å². The Balaban J connectivity index is 0. The van der Waals surface area contributed by atoms with Crippen molar-refractivity contribution in [3.8, 4) is 11.8 Å². The number of hydrogen-bond acceptors (Lipinski definition) is 6. The second-order valence-electron chi connectivity index (χ2n) is 11.5. The van der Waals surface area contributed by atoms with Gasteiger partial charge in [0.05, 0.1) is 10.6 Å². The minimum absolute atomic E-state index is 0.00810. The van der Waals surface area contributed by atoms with Gasteiger partial charge in [0.15, 0.2) is 0 Å². The first kappa shape index (κ1) is 40.8. The van der Waals surface area contributed by atoms with Crippen molar-refractivity contribution in [3.63, 3.8) is 0 Å². The van der Waals surface area contributed by atoms with Crippen LogP contribution < -0.4 is 5.32 Å². The van der Waals surface area contributed by atoms with Crippen molar-refractivity contribution in [1.29, 1.82) is 0 Å². The molecule has 0 aliphatic heterocycles. The summed E-state index contributed by atoms with van der Waals surface area (Å²) in [5.74, 6) is 6.21. The van der Waals surface area contributed by atoms with Gasteiger partial charge in [-0.1, -0.05) is 72.6 Å². The van der Waals surface area contributed by atoms with Gasteiger partial charge < -0.3 is 20.0 Å². The van der Waals surface area contributed by atoms with Crippen LogP contribution in [0.25, 0.3) is 0 Å². The van der Waals surface area contributed by atoms with E-state index in [9.17, 15) is 14.4 Å². The van der Waals surface area contributed by atoms with Gasteiger partial charge in [-0.2, -0.15) is 0 Å². The Morgan fingerprint density at radius 1 is 1.15 bits per heavy atom. The molecule has 0 bridgehead atoms. The highest BCUT2D eigenvalue weighted by Crippen LogP contribution is 2.26. The van der Waals surface area contributed by atoms with Crippen molar-refractivity contribution in [2.24, 2.45) is 17.3 Å². The zero-order chi connectivity index (χ0) is 31.8. The van der Waals surface area contributed by atoms with Crippen LogP contribution in [0.5, 0.6) is 0 Å². The number of ether oxygens (including phenoxy) is 1. The molecule has 1 fully saturated rings. The number of esters is 1. The van der Waals surface area contributed by atoms with Gasteiger partial charge in [-0.15, -0.1) is 11.3 Å². The molecule has 0 aromatic carbocycles. The highest BCUT2D eigenvalue weighted by atomic mass is 32.1. The van der Waals surface area contributed by atoms with Crippen LogP contribution in [0.15, 0.2) is 6.07 Å². The first-order valence-electron chi connectivity index (χ1n) is 15.6. The number of aldehydes is 1. The summed E-state index contributed by atoms with van der Waals surface area (Å²) in [6.07, 6.45) is 13.1. The number of nitrogens with one attached hydrogen (secondary N) is 1. The van der Waals surface area contributed by atoms with E-state index in [2.05, 4.69) is 44.9 Å². The Labute approximate surface area is 255 Å². The summed E-state index contributed by atoms with van der Waals surface area (Å²) in [5.41, 5.74) is 0.545. The van der Waals surface area contributed by atoms with E-state index >= 15 is 0 Å². The lowest BCUT2D eigenvalue weighted by molar-refractivity contribution is -0.150. The molecular formula is C34H59NO5S. The minimum Gasteiger partial charge on any atom is -0.477 e. The maximum atomic E-state index is 11.2. The highest BCUT2D eigenvalue weighted by molar-refractivity contribution is 7.15. The number of carboxylic acids is 1. The van der Waals surface area contributed by atoms with Crippen LogP contribution in [0.3, 0.4) is 0 Å². The van der Waals surface area contributed by atoms with Crippen LogP contribution in [0.4, 0.5) is 5.69 Å². The highest BCUT2D eigenvalue weighted by Gasteiger charge is 2.17. The van der Waals surface area contributed by atoms with Gasteiger partial charge >= 0.3 is 11.9 Å². The first-order chi connectivity index (χ1) is 19.4. The molecule has 236 valence electrons. The van der Waals surface area contributed by atoms with E-state index in [0.717, 1.165) is 55.6 Å². The fourth-order valence-electron chi connectivity index (χ4n) is 3.71. The van der Waals surface area contributed by atoms with Gasteiger partial charge in [0.2, 0.25) is 0 Å². The summed E-state index contributed by atoms with van der Waals surface area (Å²) in [4.78, 5) is 33.6. The second-order valence-corrected chi connectivity index (χ2v) is 12.6. The Morgan fingerprint density at radius 3 is 2.17 bits per heavy atom. The molecule has 6 nitrogen and oxygen atoms in total. The Bertz CT molecular complexity index is 898. The minimum atomic E-state index is -0.918. The van der Waals surface area contributed by atoms with Crippen molar-refractivity contribution in [2.45, 2.75) is 139 Å². The molecule has 41 heavy (non-hydrogen) atoms. The molecule has 0 spiro atoms. The van der Waals surface area contributed by atoms with Crippen LogP contribution in [0.2, 0.25) is 0 Å². The van der Waals surface area contributed by atoms with Gasteiger partial charge in [-0.25, -0.2) is 4.79 Å². The molecule has 1 aromatic rings. The second kappa shape index (κ2) is 24.3.